The van der Waals surface area contributed by atoms with Crippen LogP contribution >= 0.6 is 27.5 Å². The zero-order chi connectivity index (χ0) is 13.4. The van der Waals surface area contributed by atoms with Crippen molar-refractivity contribution in [2.45, 2.75) is 26.8 Å². The molecule has 18 heavy (non-hydrogen) atoms. The predicted molar refractivity (Wildman–Crippen MR) is 81.1 cm³/mol. The molecule has 0 unspecified atom stereocenters. The van der Waals surface area contributed by atoms with Crippen LogP contribution in [0.25, 0.3) is 0 Å². The third kappa shape index (κ3) is 6.74. The molecule has 0 fully saturated rings. The number of ether oxygens (including phenoxy) is 1. The lowest BCUT2D eigenvalue weighted by atomic mass is 10.1. The van der Waals surface area contributed by atoms with Crippen molar-refractivity contribution in [3.63, 3.8) is 0 Å². The van der Waals surface area contributed by atoms with Gasteiger partial charge < -0.3 is 10.1 Å². The van der Waals surface area contributed by atoms with E-state index in [0.29, 0.717) is 5.92 Å². The number of hydrogen-bond donors (Lipinski definition) is 1. The molecular weight excluding hydrogens is 314 g/mol. The van der Waals surface area contributed by atoms with Gasteiger partial charge in [0.1, 0.15) is 0 Å². The molecule has 2 nitrogen and oxygen atoms in total. The molecule has 0 saturated heterocycles. The molecule has 1 N–H and O–H groups in total. The Bertz CT molecular complexity index is 358. The molecule has 0 aromatic heterocycles. The molecule has 102 valence electrons. The van der Waals surface area contributed by atoms with Crippen molar-refractivity contribution in [2.24, 2.45) is 5.92 Å². The first-order valence-electron chi connectivity index (χ1n) is 6.32. The lowest BCUT2D eigenvalue weighted by Crippen LogP contribution is -2.20. The first-order chi connectivity index (χ1) is 8.59. The summed E-state index contributed by atoms with van der Waals surface area (Å²) in [4.78, 5) is 0. The Hall–Kier alpha value is -0.0900. The minimum absolute atomic E-state index is 0.709. The van der Waals surface area contributed by atoms with E-state index in [0.717, 1.165) is 42.2 Å². The molecule has 0 aliphatic carbocycles. The molecule has 1 aromatic carbocycles. The van der Waals surface area contributed by atoms with Gasteiger partial charge in [-0.2, -0.15) is 0 Å². The SMILES string of the molecule is CC(C)CCOCCNCc1cc(Cl)ccc1Br. The molecule has 0 amide bonds. The van der Waals surface area contributed by atoms with Crippen molar-refractivity contribution >= 4 is 27.5 Å². The van der Waals surface area contributed by atoms with Crippen molar-refractivity contribution in [1.29, 1.82) is 0 Å². The van der Waals surface area contributed by atoms with E-state index in [1.807, 2.05) is 18.2 Å². The average molecular weight is 335 g/mol. The third-order valence-corrected chi connectivity index (χ3v) is 3.59. The fourth-order valence-electron chi connectivity index (χ4n) is 1.47. The first-order valence-corrected chi connectivity index (χ1v) is 7.49. The summed E-state index contributed by atoms with van der Waals surface area (Å²) in [5, 5.41) is 4.11. The van der Waals surface area contributed by atoms with Crippen LogP contribution in [0.3, 0.4) is 0 Å². The molecule has 0 bridgehead atoms. The van der Waals surface area contributed by atoms with Crippen LogP contribution in [-0.2, 0) is 11.3 Å². The number of rotatable bonds is 8. The summed E-state index contributed by atoms with van der Waals surface area (Å²) in [6.07, 6.45) is 1.12. The van der Waals surface area contributed by atoms with Gasteiger partial charge >= 0.3 is 0 Å². The van der Waals surface area contributed by atoms with Crippen LogP contribution in [0.1, 0.15) is 25.8 Å². The maximum atomic E-state index is 5.95. The van der Waals surface area contributed by atoms with E-state index in [9.17, 15) is 0 Å². The molecule has 1 aromatic rings. The first kappa shape index (κ1) is 16.0. The molecule has 0 saturated carbocycles. The van der Waals surface area contributed by atoms with E-state index in [2.05, 4.69) is 35.1 Å². The highest BCUT2D eigenvalue weighted by atomic mass is 79.9. The molecule has 0 radical (unpaired) electrons. The minimum Gasteiger partial charge on any atom is -0.380 e. The van der Waals surface area contributed by atoms with Crippen LogP contribution < -0.4 is 5.32 Å². The van der Waals surface area contributed by atoms with Gasteiger partial charge in [0.15, 0.2) is 0 Å². The van der Waals surface area contributed by atoms with Gasteiger partial charge in [0.2, 0.25) is 0 Å². The van der Waals surface area contributed by atoms with Crippen LogP contribution in [0.2, 0.25) is 5.02 Å². The normalized spacial score (nSPS) is 11.2. The van der Waals surface area contributed by atoms with Gasteiger partial charge in [-0.05, 0) is 36.1 Å². The van der Waals surface area contributed by atoms with Gasteiger partial charge in [0, 0.05) is 29.2 Å². The minimum atomic E-state index is 0.709. The second kappa shape index (κ2) is 8.92. The molecule has 1 rings (SSSR count). The molecule has 0 spiro atoms. The number of halogens is 2. The van der Waals surface area contributed by atoms with Gasteiger partial charge in [-0.15, -0.1) is 0 Å². The van der Waals surface area contributed by atoms with Gasteiger partial charge in [-0.25, -0.2) is 0 Å². The van der Waals surface area contributed by atoms with Crippen molar-refractivity contribution < 1.29 is 4.74 Å². The van der Waals surface area contributed by atoms with E-state index >= 15 is 0 Å². The van der Waals surface area contributed by atoms with Crippen LogP contribution in [0.5, 0.6) is 0 Å². The molecule has 0 aliphatic rings. The quantitative estimate of drug-likeness (QED) is 0.717. The van der Waals surface area contributed by atoms with Crippen molar-refractivity contribution in [1.82, 2.24) is 5.32 Å². The molecule has 0 heterocycles. The largest absolute Gasteiger partial charge is 0.380 e. The Morgan fingerprint density at radius 3 is 2.83 bits per heavy atom. The predicted octanol–water partition coefficient (Wildman–Crippen LogP) is 4.25. The number of hydrogen-bond acceptors (Lipinski definition) is 2. The highest BCUT2D eigenvalue weighted by molar-refractivity contribution is 9.10. The second-order valence-corrected chi connectivity index (χ2v) is 6.00. The Kier molecular flexibility index (Phi) is 7.91. The molecule has 4 heteroatoms. The number of benzene rings is 1. The Morgan fingerprint density at radius 2 is 2.11 bits per heavy atom. The van der Waals surface area contributed by atoms with Gasteiger partial charge in [0.05, 0.1) is 6.61 Å². The lowest BCUT2D eigenvalue weighted by molar-refractivity contribution is 0.125. The maximum absolute atomic E-state index is 5.95. The Labute approximate surface area is 123 Å². The topological polar surface area (TPSA) is 21.3 Å². The van der Waals surface area contributed by atoms with Crippen LogP contribution in [0.4, 0.5) is 0 Å². The zero-order valence-corrected chi connectivity index (χ0v) is 13.4. The second-order valence-electron chi connectivity index (χ2n) is 4.71. The molecule has 0 aliphatic heterocycles. The molecule has 0 atom stereocenters. The van der Waals surface area contributed by atoms with Gasteiger partial charge in [0.25, 0.3) is 0 Å². The Morgan fingerprint density at radius 1 is 1.33 bits per heavy atom. The summed E-state index contributed by atoms with van der Waals surface area (Å²) >= 11 is 9.46. The molecular formula is C14H21BrClNO. The summed E-state index contributed by atoms with van der Waals surface area (Å²) in [5.41, 5.74) is 1.17. The zero-order valence-electron chi connectivity index (χ0n) is 11.0. The van der Waals surface area contributed by atoms with Crippen molar-refractivity contribution in [2.75, 3.05) is 19.8 Å². The summed E-state index contributed by atoms with van der Waals surface area (Å²) in [6.45, 7) is 7.67. The van der Waals surface area contributed by atoms with E-state index in [4.69, 9.17) is 16.3 Å². The lowest BCUT2D eigenvalue weighted by Gasteiger charge is -2.09. The fourth-order valence-corrected chi connectivity index (χ4v) is 2.05. The summed E-state index contributed by atoms with van der Waals surface area (Å²) < 4.78 is 6.62. The van der Waals surface area contributed by atoms with E-state index in [1.165, 1.54) is 5.56 Å². The smallest absolute Gasteiger partial charge is 0.0591 e. The summed E-state index contributed by atoms with van der Waals surface area (Å²) in [5.74, 6) is 0.709. The fraction of sp³-hybridized carbons (Fsp3) is 0.571. The van der Waals surface area contributed by atoms with Crippen LogP contribution in [0, 0.1) is 5.92 Å². The highest BCUT2D eigenvalue weighted by Gasteiger charge is 2.00. The van der Waals surface area contributed by atoms with Gasteiger partial charge in [-0.3, -0.25) is 0 Å². The monoisotopic (exact) mass is 333 g/mol. The van der Waals surface area contributed by atoms with Crippen molar-refractivity contribution in [3.05, 3.63) is 33.3 Å². The standard InChI is InChI=1S/C14H21BrClNO/c1-11(2)5-7-18-8-6-17-10-12-9-13(16)3-4-14(12)15/h3-4,9,11,17H,5-8,10H2,1-2H3. The third-order valence-electron chi connectivity index (χ3n) is 2.59. The summed E-state index contributed by atoms with van der Waals surface area (Å²) in [7, 11) is 0. The van der Waals surface area contributed by atoms with E-state index < -0.39 is 0 Å². The average Bonchev–Trinajstić information content (AvgIpc) is 2.32. The van der Waals surface area contributed by atoms with Crippen LogP contribution in [0.15, 0.2) is 22.7 Å². The van der Waals surface area contributed by atoms with E-state index in [1.54, 1.807) is 0 Å². The number of nitrogens with one attached hydrogen (secondary N) is 1. The van der Waals surface area contributed by atoms with Crippen LogP contribution in [-0.4, -0.2) is 19.8 Å². The van der Waals surface area contributed by atoms with Gasteiger partial charge in [-0.1, -0.05) is 41.4 Å². The van der Waals surface area contributed by atoms with Crippen molar-refractivity contribution in [3.8, 4) is 0 Å². The highest BCUT2D eigenvalue weighted by Crippen LogP contribution is 2.20. The maximum Gasteiger partial charge on any atom is 0.0591 e. The summed E-state index contributed by atoms with van der Waals surface area (Å²) in [6, 6.07) is 5.82. The van der Waals surface area contributed by atoms with E-state index in [-0.39, 0.29) is 0 Å². The Balaban J connectivity index is 2.12.